The Morgan fingerprint density at radius 2 is 1.15 bits per heavy atom. The molecule has 0 amide bonds. The van der Waals surface area contributed by atoms with E-state index < -0.39 is 8.32 Å². The number of hydrogen-bond donors (Lipinski definition) is 0. The second kappa shape index (κ2) is 11.8. The standard InChI is InChI=1S/C18H38OSi/c1-3-4-5-6-7-8-9-10-11-12-13-14-16-19-20(2)17-15-18-20/h3-18H2,1-2H3. The largest absolute Gasteiger partial charge is 0.417 e. The van der Waals surface area contributed by atoms with E-state index in [0.717, 1.165) is 6.61 Å². The lowest BCUT2D eigenvalue weighted by Crippen LogP contribution is -2.41. The molecule has 0 aliphatic carbocycles. The van der Waals surface area contributed by atoms with Crippen molar-refractivity contribution in [1.82, 2.24) is 0 Å². The van der Waals surface area contributed by atoms with Crippen LogP contribution in [0.3, 0.4) is 0 Å². The lowest BCUT2D eigenvalue weighted by atomic mass is 10.1. The highest BCUT2D eigenvalue weighted by Gasteiger charge is 2.35. The molecule has 0 aromatic carbocycles. The molecule has 0 aromatic rings. The second-order valence-corrected chi connectivity index (χ2v) is 11.2. The van der Waals surface area contributed by atoms with Crippen LogP contribution in [0.4, 0.5) is 0 Å². The van der Waals surface area contributed by atoms with E-state index in [1.807, 2.05) is 0 Å². The first kappa shape index (κ1) is 18.2. The molecule has 1 saturated heterocycles. The van der Waals surface area contributed by atoms with E-state index in [9.17, 15) is 0 Å². The van der Waals surface area contributed by atoms with Gasteiger partial charge in [0.2, 0.25) is 0 Å². The van der Waals surface area contributed by atoms with Crippen molar-refractivity contribution in [2.75, 3.05) is 6.61 Å². The molecule has 0 bridgehead atoms. The molecule has 0 saturated carbocycles. The van der Waals surface area contributed by atoms with Gasteiger partial charge in [0, 0.05) is 6.61 Å². The summed E-state index contributed by atoms with van der Waals surface area (Å²) >= 11 is 0. The molecule has 1 fully saturated rings. The molecule has 2 heteroatoms. The Hall–Kier alpha value is 0.177. The van der Waals surface area contributed by atoms with Gasteiger partial charge in [0.25, 0.3) is 0 Å². The summed E-state index contributed by atoms with van der Waals surface area (Å²) in [5.41, 5.74) is 0. The van der Waals surface area contributed by atoms with Gasteiger partial charge in [0.05, 0.1) is 0 Å². The third-order valence-corrected chi connectivity index (χ3v) is 8.58. The summed E-state index contributed by atoms with van der Waals surface area (Å²) in [7, 11) is -1.10. The predicted octanol–water partition coefficient (Wildman–Crippen LogP) is 6.68. The fourth-order valence-electron chi connectivity index (χ4n) is 3.08. The smallest absolute Gasteiger partial charge is 0.189 e. The van der Waals surface area contributed by atoms with Crippen LogP contribution in [0.5, 0.6) is 0 Å². The van der Waals surface area contributed by atoms with Gasteiger partial charge in [-0.1, -0.05) is 84.0 Å². The van der Waals surface area contributed by atoms with Crippen LogP contribution in [0.15, 0.2) is 0 Å². The average Bonchev–Trinajstić information content (AvgIpc) is 2.42. The molecule has 1 heterocycles. The number of hydrogen-bond acceptors (Lipinski definition) is 1. The van der Waals surface area contributed by atoms with Gasteiger partial charge in [-0.2, -0.15) is 0 Å². The van der Waals surface area contributed by atoms with Crippen molar-refractivity contribution in [1.29, 1.82) is 0 Å². The van der Waals surface area contributed by atoms with Gasteiger partial charge < -0.3 is 4.43 Å². The van der Waals surface area contributed by atoms with Gasteiger partial charge in [-0.05, 0) is 25.1 Å². The minimum atomic E-state index is -1.10. The minimum Gasteiger partial charge on any atom is -0.417 e. The lowest BCUT2D eigenvalue weighted by Gasteiger charge is -2.35. The first-order chi connectivity index (χ1) is 9.77. The Kier molecular flexibility index (Phi) is 10.7. The summed E-state index contributed by atoms with van der Waals surface area (Å²) in [4.78, 5) is 0. The lowest BCUT2D eigenvalue weighted by molar-refractivity contribution is 0.278. The van der Waals surface area contributed by atoms with Crippen LogP contribution in [0.2, 0.25) is 18.6 Å². The van der Waals surface area contributed by atoms with Crippen molar-refractivity contribution < 1.29 is 4.43 Å². The SMILES string of the molecule is CCCCCCCCCCCCCCO[Si]1(C)CCC1. The highest BCUT2D eigenvalue weighted by molar-refractivity contribution is 6.75. The molecule has 0 radical (unpaired) electrons. The van der Waals surface area contributed by atoms with Crippen molar-refractivity contribution in [3.63, 3.8) is 0 Å². The van der Waals surface area contributed by atoms with Gasteiger partial charge in [-0.15, -0.1) is 0 Å². The molecular weight excluding hydrogens is 260 g/mol. The van der Waals surface area contributed by atoms with E-state index in [-0.39, 0.29) is 0 Å². The van der Waals surface area contributed by atoms with Crippen molar-refractivity contribution in [2.24, 2.45) is 0 Å². The van der Waals surface area contributed by atoms with E-state index in [0.29, 0.717) is 0 Å². The van der Waals surface area contributed by atoms with Crippen LogP contribution in [-0.2, 0) is 4.43 Å². The molecule has 1 aliphatic heterocycles. The van der Waals surface area contributed by atoms with Gasteiger partial charge in [0.15, 0.2) is 8.32 Å². The average molecular weight is 299 g/mol. The molecule has 120 valence electrons. The van der Waals surface area contributed by atoms with E-state index in [4.69, 9.17) is 4.43 Å². The van der Waals surface area contributed by atoms with Crippen molar-refractivity contribution in [3.8, 4) is 0 Å². The van der Waals surface area contributed by atoms with Crippen molar-refractivity contribution in [3.05, 3.63) is 0 Å². The summed E-state index contributed by atoms with van der Waals surface area (Å²) in [6.07, 6.45) is 18.6. The Bertz CT molecular complexity index is 213. The fourth-order valence-corrected chi connectivity index (χ4v) is 5.36. The topological polar surface area (TPSA) is 9.23 Å². The molecule has 0 atom stereocenters. The number of unbranched alkanes of at least 4 members (excludes halogenated alkanes) is 11. The Morgan fingerprint density at radius 3 is 1.55 bits per heavy atom. The number of rotatable bonds is 14. The molecule has 0 spiro atoms. The third kappa shape index (κ3) is 9.18. The molecule has 1 aliphatic rings. The second-order valence-electron chi connectivity index (χ2n) is 7.04. The maximum Gasteiger partial charge on any atom is 0.189 e. The Morgan fingerprint density at radius 1 is 0.700 bits per heavy atom. The highest BCUT2D eigenvalue weighted by Crippen LogP contribution is 2.32. The Labute approximate surface area is 129 Å². The van der Waals surface area contributed by atoms with Crippen LogP contribution in [0.25, 0.3) is 0 Å². The summed E-state index contributed by atoms with van der Waals surface area (Å²) in [6, 6.07) is 2.84. The maximum absolute atomic E-state index is 6.10. The van der Waals surface area contributed by atoms with Crippen LogP contribution >= 0.6 is 0 Å². The van der Waals surface area contributed by atoms with Gasteiger partial charge in [0.1, 0.15) is 0 Å². The zero-order valence-corrected chi connectivity index (χ0v) is 15.2. The third-order valence-electron chi connectivity index (χ3n) is 4.86. The van der Waals surface area contributed by atoms with Gasteiger partial charge >= 0.3 is 0 Å². The monoisotopic (exact) mass is 298 g/mol. The van der Waals surface area contributed by atoms with E-state index in [1.54, 1.807) is 0 Å². The predicted molar refractivity (Wildman–Crippen MR) is 92.9 cm³/mol. The van der Waals surface area contributed by atoms with Crippen molar-refractivity contribution >= 4 is 8.32 Å². The molecule has 0 aromatic heterocycles. The zero-order valence-electron chi connectivity index (χ0n) is 14.2. The summed E-state index contributed by atoms with van der Waals surface area (Å²) in [5.74, 6) is 0. The van der Waals surface area contributed by atoms with Crippen LogP contribution in [0, 0.1) is 0 Å². The molecule has 0 N–H and O–H groups in total. The molecule has 1 nitrogen and oxygen atoms in total. The normalized spacial score (nSPS) is 17.1. The Balaban J connectivity index is 1.68. The summed E-state index contributed by atoms with van der Waals surface area (Å²) < 4.78 is 6.10. The quantitative estimate of drug-likeness (QED) is 0.256. The molecule has 0 unspecified atom stereocenters. The minimum absolute atomic E-state index is 1.06. The van der Waals surface area contributed by atoms with Crippen LogP contribution in [-0.4, -0.2) is 14.9 Å². The zero-order chi connectivity index (χ0) is 14.5. The first-order valence-corrected chi connectivity index (χ1v) is 12.2. The molecule has 20 heavy (non-hydrogen) atoms. The first-order valence-electron chi connectivity index (χ1n) is 9.41. The molecule has 1 rings (SSSR count). The highest BCUT2D eigenvalue weighted by atomic mass is 28.4. The maximum atomic E-state index is 6.10. The summed E-state index contributed by atoms with van der Waals surface area (Å²) in [5, 5.41) is 0. The fraction of sp³-hybridized carbons (Fsp3) is 1.00. The van der Waals surface area contributed by atoms with Crippen molar-refractivity contribution in [2.45, 2.75) is 109 Å². The van der Waals surface area contributed by atoms with E-state index in [2.05, 4.69) is 13.5 Å². The van der Waals surface area contributed by atoms with E-state index in [1.165, 1.54) is 95.6 Å². The van der Waals surface area contributed by atoms with Gasteiger partial charge in [-0.25, -0.2) is 0 Å². The van der Waals surface area contributed by atoms with Crippen LogP contribution in [0.1, 0.15) is 90.4 Å². The van der Waals surface area contributed by atoms with E-state index >= 15 is 0 Å². The summed E-state index contributed by atoms with van der Waals surface area (Å²) in [6.45, 7) is 5.76. The molecular formula is C18H38OSi. The van der Waals surface area contributed by atoms with Gasteiger partial charge in [-0.3, -0.25) is 0 Å². The van der Waals surface area contributed by atoms with Crippen LogP contribution < -0.4 is 0 Å².